The highest BCUT2D eigenvalue weighted by Crippen LogP contribution is 2.42. The summed E-state index contributed by atoms with van der Waals surface area (Å²) >= 11 is 0. The van der Waals surface area contributed by atoms with Crippen LogP contribution in [0.5, 0.6) is 0 Å². The second-order valence-electron chi connectivity index (χ2n) is 8.69. The molecule has 0 aromatic carbocycles. The van der Waals surface area contributed by atoms with Gasteiger partial charge >= 0.3 is 0 Å². The third-order valence-corrected chi connectivity index (χ3v) is 12.1. The first-order chi connectivity index (χ1) is 12.3. The van der Waals surface area contributed by atoms with Gasteiger partial charge < -0.3 is 18.6 Å². The number of hydrogen-bond donors (Lipinski definition) is 0. The van der Waals surface area contributed by atoms with Crippen LogP contribution >= 0.6 is 0 Å². The third-order valence-electron chi connectivity index (χ3n) is 5.94. The van der Waals surface area contributed by atoms with E-state index in [2.05, 4.69) is 41.5 Å². The zero-order valence-corrected chi connectivity index (χ0v) is 18.5. The minimum atomic E-state index is -1.86. The second kappa shape index (κ2) is 9.78. The summed E-state index contributed by atoms with van der Waals surface area (Å²) in [6.07, 6.45) is 2.06. The number of carbonyl (C=O) groups is 1. The van der Waals surface area contributed by atoms with Gasteiger partial charge in [-0.25, -0.2) is 0 Å². The zero-order valence-electron chi connectivity index (χ0n) is 17.5. The maximum absolute atomic E-state index is 12.1. The smallest absolute Gasteiger partial charge is 0.200 e. The molecule has 0 radical (unpaired) electrons. The van der Waals surface area contributed by atoms with E-state index in [1.165, 1.54) is 0 Å². The molecule has 2 fully saturated rings. The summed E-state index contributed by atoms with van der Waals surface area (Å²) in [7, 11) is -1.86. The molecule has 2 saturated heterocycles. The highest BCUT2D eigenvalue weighted by molar-refractivity contribution is 6.77. The molecule has 2 aliphatic heterocycles. The number of ketones is 1. The second-order valence-corrected chi connectivity index (χ2v) is 14.1. The maximum atomic E-state index is 12.1. The molecule has 2 atom stereocenters. The van der Waals surface area contributed by atoms with Crippen molar-refractivity contribution in [2.45, 2.75) is 102 Å². The van der Waals surface area contributed by atoms with E-state index in [9.17, 15) is 4.79 Å². The largest absolute Gasteiger partial charge is 0.416 e. The Bertz CT molecular complexity index is 424. The molecule has 0 N–H and O–H groups in total. The van der Waals surface area contributed by atoms with Crippen molar-refractivity contribution in [2.75, 3.05) is 19.8 Å². The first-order valence-corrected chi connectivity index (χ1v) is 12.4. The van der Waals surface area contributed by atoms with Gasteiger partial charge in [0.05, 0.1) is 25.4 Å². The number of ether oxygens (including phenoxy) is 3. The molecule has 5 nitrogen and oxygen atoms in total. The normalized spacial score (nSPS) is 25.8. The van der Waals surface area contributed by atoms with Gasteiger partial charge in [-0.2, -0.15) is 0 Å². The van der Waals surface area contributed by atoms with Crippen LogP contribution in [0, 0.1) is 0 Å². The van der Waals surface area contributed by atoms with Crippen LogP contribution in [-0.4, -0.2) is 52.4 Å². The Balaban J connectivity index is 1.87. The van der Waals surface area contributed by atoms with Crippen LogP contribution in [-0.2, 0) is 23.4 Å². The van der Waals surface area contributed by atoms with E-state index in [1.807, 2.05) is 0 Å². The van der Waals surface area contributed by atoms with Crippen LogP contribution < -0.4 is 0 Å². The molecule has 0 saturated carbocycles. The standard InChI is InChI=1S/C20H38O5Si/c1-14(2)26(15(3)4,16(5)6)24-8-7-18-11-17(21)12-19(25-18)13-20-22-9-10-23-20/h14-16,18-20H,7-13H2,1-6H3/t18-,19+/m0/s1. The SMILES string of the molecule is CC(C)[Si](OCC[C@H]1CC(=O)C[C@H](CC2OCCO2)O1)(C(C)C)C(C)C. The van der Waals surface area contributed by atoms with Gasteiger partial charge in [-0.15, -0.1) is 0 Å². The Morgan fingerprint density at radius 2 is 1.50 bits per heavy atom. The lowest BCUT2D eigenvalue weighted by Crippen LogP contribution is -2.48. The Labute approximate surface area is 160 Å². The van der Waals surface area contributed by atoms with Gasteiger partial charge in [0.25, 0.3) is 0 Å². The minimum Gasteiger partial charge on any atom is -0.416 e. The van der Waals surface area contributed by atoms with Crippen molar-refractivity contribution in [3.8, 4) is 0 Å². The average Bonchev–Trinajstić information content (AvgIpc) is 3.02. The molecule has 0 spiro atoms. The quantitative estimate of drug-likeness (QED) is 0.548. The van der Waals surface area contributed by atoms with Crippen LogP contribution in [0.25, 0.3) is 0 Å². The van der Waals surface area contributed by atoms with E-state index in [4.69, 9.17) is 18.6 Å². The fourth-order valence-electron chi connectivity index (χ4n) is 4.89. The summed E-state index contributed by atoms with van der Waals surface area (Å²) in [5.41, 5.74) is 1.71. The predicted octanol–water partition coefficient (Wildman–Crippen LogP) is 4.45. The molecule has 0 aliphatic carbocycles. The van der Waals surface area contributed by atoms with E-state index in [0.29, 0.717) is 55.7 Å². The van der Waals surface area contributed by atoms with Crippen molar-refractivity contribution in [2.24, 2.45) is 0 Å². The summed E-state index contributed by atoms with van der Waals surface area (Å²) in [5.74, 6) is 0.282. The van der Waals surface area contributed by atoms with Crippen molar-refractivity contribution in [3.05, 3.63) is 0 Å². The van der Waals surface area contributed by atoms with Crippen LogP contribution in [0.4, 0.5) is 0 Å². The topological polar surface area (TPSA) is 54.0 Å². The van der Waals surface area contributed by atoms with Crippen LogP contribution in [0.15, 0.2) is 0 Å². The van der Waals surface area contributed by atoms with Crippen LogP contribution in [0.1, 0.15) is 67.2 Å². The van der Waals surface area contributed by atoms with E-state index in [0.717, 1.165) is 6.42 Å². The number of rotatable bonds is 9. The first kappa shape index (κ1) is 22.0. The maximum Gasteiger partial charge on any atom is 0.200 e. The molecule has 0 bridgehead atoms. The lowest BCUT2D eigenvalue weighted by Gasteiger charge is -2.42. The summed E-state index contributed by atoms with van der Waals surface area (Å²) in [4.78, 5) is 12.1. The monoisotopic (exact) mass is 386 g/mol. The molecule has 0 aromatic rings. The molecule has 2 aliphatic rings. The van der Waals surface area contributed by atoms with Crippen molar-refractivity contribution in [1.82, 2.24) is 0 Å². The summed E-state index contributed by atoms with van der Waals surface area (Å²) in [6.45, 7) is 15.7. The van der Waals surface area contributed by atoms with Gasteiger partial charge in [-0.05, 0) is 23.0 Å². The molecular weight excluding hydrogens is 348 g/mol. The van der Waals surface area contributed by atoms with Gasteiger partial charge in [0.1, 0.15) is 5.78 Å². The fraction of sp³-hybridized carbons (Fsp3) is 0.950. The third kappa shape index (κ3) is 5.38. The van der Waals surface area contributed by atoms with Gasteiger partial charge in [-0.1, -0.05) is 41.5 Å². The summed E-state index contributed by atoms with van der Waals surface area (Å²) in [6, 6.07) is 0. The Hall–Kier alpha value is -0.273. The molecule has 0 amide bonds. The molecule has 0 unspecified atom stereocenters. The molecule has 0 aromatic heterocycles. The molecule has 152 valence electrons. The molecular formula is C20H38O5Si. The average molecular weight is 387 g/mol. The highest BCUT2D eigenvalue weighted by Gasteiger charge is 2.45. The van der Waals surface area contributed by atoms with Gasteiger partial charge in [0, 0.05) is 25.9 Å². The van der Waals surface area contributed by atoms with E-state index in [-0.39, 0.29) is 24.3 Å². The summed E-state index contributed by atoms with van der Waals surface area (Å²) < 4.78 is 23.8. The number of hydrogen-bond acceptors (Lipinski definition) is 5. The van der Waals surface area contributed by atoms with Crippen molar-refractivity contribution in [3.63, 3.8) is 0 Å². The first-order valence-electron chi connectivity index (χ1n) is 10.3. The van der Waals surface area contributed by atoms with Gasteiger partial charge in [-0.3, -0.25) is 4.79 Å². The van der Waals surface area contributed by atoms with E-state index < -0.39 is 8.32 Å². The molecule has 6 heteroatoms. The molecule has 2 rings (SSSR count). The van der Waals surface area contributed by atoms with Gasteiger partial charge in [0.2, 0.25) is 0 Å². The zero-order chi connectivity index (χ0) is 19.3. The molecule has 2 heterocycles. The minimum absolute atomic E-state index is 0.0409. The van der Waals surface area contributed by atoms with E-state index in [1.54, 1.807) is 0 Å². The highest BCUT2D eigenvalue weighted by atomic mass is 28.4. The van der Waals surface area contributed by atoms with Crippen molar-refractivity contribution < 1.29 is 23.4 Å². The van der Waals surface area contributed by atoms with Crippen LogP contribution in [0.3, 0.4) is 0 Å². The Morgan fingerprint density at radius 1 is 0.962 bits per heavy atom. The number of Topliss-reactive ketones (excluding diaryl/α,β-unsaturated/α-hetero) is 1. The van der Waals surface area contributed by atoms with Crippen molar-refractivity contribution in [1.29, 1.82) is 0 Å². The van der Waals surface area contributed by atoms with Crippen molar-refractivity contribution >= 4 is 14.1 Å². The summed E-state index contributed by atoms with van der Waals surface area (Å²) in [5, 5.41) is 0. The number of carbonyl (C=O) groups excluding carboxylic acids is 1. The Morgan fingerprint density at radius 3 is 2.04 bits per heavy atom. The van der Waals surface area contributed by atoms with Crippen LogP contribution in [0.2, 0.25) is 16.6 Å². The predicted molar refractivity (Wildman–Crippen MR) is 105 cm³/mol. The Kier molecular flexibility index (Phi) is 8.28. The molecule has 26 heavy (non-hydrogen) atoms. The lowest BCUT2D eigenvalue weighted by atomic mass is 9.99. The van der Waals surface area contributed by atoms with E-state index >= 15 is 0 Å². The van der Waals surface area contributed by atoms with Gasteiger partial charge in [0.15, 0.2) is 14.6 Å². The fourth-order valence-corrected chi connectivity index (χ4v) is 10.4. The lowest BCUT2D eigenvalue weighted by molar-refractivity contribution is -0.145.